The molecule has 3 aromatic rings. The van der Waals surface area contributed by atoms with E-state index in [-0.39, 0.29) is 17.4 Å². The standard InChI is InChI=1S/C29H32ClN3OS/c1-19-10-7-8-15-26(19)33-28(34)27(35-29(33)31-24-12-5-4-6-13-24)17-22-16-20(2)32(21(22)3)25-14-9-11-23(30)18-25/h4-6,9,11-14,16-19,26,29,31H,7-8,10,15H2,1-3H3/b27-17-/t19-,26-,29?/m0/s1. The Morgan fingerprint density at radius 3 is 2.54 bits per heavy atom. The lowest BCUT2D eigenvalue weighted by atomic mass is 9.85. The molecule has 0 bridgehead atoms. The first-order valence-corrected chi connectivity index (χ1v) is 13.7. The van der Waals surface area contributed by atoms with Crippen molar-refractivity contribution in [3.8, 4) is 5.69 Å². The van der Waals surface area contributed by atoms with E-state index < -0.39 is 0 Å². The minimum absolute atomic E-state index is 0.113. The van der Waals surface area contributed by atoms with Crippen molar-refractivity contribution < 1.29 is 4.79 Å². The van der Waals surface area contributed by atoms with Crippen molar-refractivity contribution in [2.24, 2.45) is 5.92 Å². The fraction of sp³-hybridized carbons (Fsp3) is 0.345. The van der Waals surface area contributed by atoms with Gasteiger partial charge in [-0.15, -0.1) is 0 Å². The van der Waals surface area contributed by atoms with E-state index in [1.165, 1.54) is 19.3 Å². The summed E-state index contributed by atoms with van der Waals surface area (Å²) in [6, 6.07) is 20.5. The zero-order valence-electron chi connectivity index (χ0n) is 20.5. The van der Waals surface area contributed by atoms with Gasteiger partial charge < -0.3 is 14.8 Å². The van der Waals surface area contributed by atoms with Gasteiger partial charge in [-0.2, -0.15) is 0 Å². The molecule has 1 amide bonds. The van der Waals surface area contributed by atoms with Crippen molar-refractivity contribution in [1.29, 1.82) is 0 Å². The van der Waals surface area contributed by atoms with Gasteiger partial charge in [0.05, 0.1) is 4.91 Å². The molecule has 2 fully saturated rings. The van der Waals surface area contributed by atoms with Crippen LogP contribution in [0.3, 0.4) is 0 Å². The van der Waals surface area contributed by atoms with Gasteiger partial charge in [-0.25, -0.2) is 0 Å². The minimum atomic E-state index is -0.113. The highest BCUT2D eigenvalue weighted by Crippen LogP contribution is 2.42. The number of anilines is 1. The van der Waals surface area contributed by atoms with E-state index in [0.29, 0.717) is 10.9 Å². The van der Waals surface area contributed by atoms with Gasteiger partial charge in [0.2, 0.25) is 0 Å². The molecule has 3 atom stereocenters. The Labute approximate surface area is 217 Å². The summed E-state index contributed by atoms with van der Waals surface area (Å²) in [5.41, 5.74) is 5.23. The van der Waals surface area contributed by atoms with Crippen molar-refractivity contribution in [1.82, 2.24) is 9.47 Å². The molecule has 1 unspecified atom stereocenters. The lowest BCUT2D eigenvalue weighted by Gasteiger charge is -2.39. The third-order valence-corrected chi connectivity index (χ3v) is 8.60. The van der Waals surface area contributed by atoms with E-state index in [2.05, 4.69) is 65.9 Å². The van der Waals surface area contributed by atoms with Crippen LogP contribution in [0, 0.1) is 19.8 Å². The smallest absolute Gasteiger partial charge is 0.262 e. The number of carbonyl (C=O) groups is 1. The van der Waals surface area contributed by atoms with Crippen molar-refractivity contribution in [2.45, 2.75) is 58.0 Å². The van der Waals surface area contributed by atoms with Crippen LogP contribution in [0.4, 0.5) is 5.69 Å². The highest BCUT2D eigenvalue weighted by atomic mass is 35.5. The van der Waals surface area contributed by atoms with E-state index in [0.717, 1.165) is 39.7 Å². The number of hydrogen-bond acceptors (Lipinski definition) is 3. The van der Waals surface area contributed by atoms with E-state index in [1.54, 1.807) is 11.8 Å². The number of amides is 1. The number of thioether (sulfide) groups is 1. The molecule has 1 aliphatic carbocycles. The van der Waals surface area contributed by atoms with Gasteiger partial charge in [-0.3, -0.25) is 4.79 Å². The van der Waals surface area contributed by atoms with Crippen LogP contribution in [-0.2, 0) is 4.79 Å². The van der Waals surface area contributed by atoms with Crippen LogP contribution in [0.2, 0.25) is 5.02 Å². The second-order valence-corrected chi connectivity index (χ2v) is 11.2. The van der Waals surface area contributed by atoms with Crippen LogP contribution < -0.4 is 5.32 Å². The number of halogens is 1. The van der Waals surface area contributed by atoms with Crippen molar-refractivity contribution in [2.75, 3.05) is 5.32 Å². The minimum Gasteiger partial charge on any atom is -0.356 e. The third kappa shape index (κ3) is 4.89. The number of nitrogens with one attached hydrogen (secondary N) is 1. The number of aromatic nitrogens is 1. The van der Waals surface area contributed by atoms with Crippen molar-refractivity contribution in [3.63, 3.8) is 0 Å². The molecule has 1 N–H and O–H groups in total. The Morgan fingerprint density at radius 1 is 1.03 bits per heavy atom. The Morgan fingerprint density at radius 2 is 1.80 bits per heavy atom. The number of hydrogen-bond donors (Lipinski definition) is 1. The van der Waals surface area contributed by atoms with Crippen LogP contribution in [0.5, 0.6) is 0 Å². The molecular weight excluding hydrogens is 474 g/mol. The predicted molar refractivity (Wildman–Crippen MR) is 148 cm³/mol. The number of carbonyl (C=O) groups excluding carboxylic acids is 1. The summed E-state index contributed by atoms with van der Waals surface area (Å²) in [6.07, 6.45) is 6.75. The average molecular weight is 506 g/mol. The summed E-state index contributed by atoms with van der Waals surface area (Å²) in [5, 5.41) is 4.34. The Kier molecular flexibility index (Phi) is 6.99. The van der Waals surface area contributed by atoms with Crippen LogP contribution in [0.25, 0.3) is 11.8 Å². The summed E-state index contributed by atoms with van der Waals surface area (Å²) in [5.74, 6) is 0.635. The van der Waals surface area contributed by atoms with Gasteiger partial charge in [-0.05, 0) is 80.6 Å². The van der Waals surface area contributed by atoms with E-state index in [4.69, 9.17) is 11.6 Å². The SMILES string of the molecule is Cc1cc(/C=C2\SC(Nc3ccccc3)N([C@H]3CCCC[C@@H]3C)C2=O)c(C)n1-c1cccc(Cl)c1. The van der Waals surface area contributed by atoms with Crippen molar-refractivity contribution >= 4 is 41.0 Å². The van der Waals surface area contributed by atoms with Gasteiger partial charge >= 0.3 is 0 Å². The highest BCUT2D eigenvalue weighted by Gasteiger charge is 2.43. The van der Waals surface area contributed by atoms with Gasteiger partial charge in [0.15, 0.2) is 5.50 Å². The van der Waals surface area contributed by atoms with E-state index in [1.807, 2.05) is 36.4 Å². The molecule has 2 heterocycles. The van der Waals surface area contributed by atoms with Crippen LogP contribution in [0.1, 0.15) is 49.6 Å². The molecule has 0 spiro atoms. The number of para-hydroxylation sites is 1. The Bertz CT molecular complexity index is 1250. The molecule has 0 radical (unpaired) electrons. The molecule has 2 aliphatic rings. The zero-order chi connectivity index (χ0) is 24.5. The van der Waals surface area contributed by atoms with Crippen LogP contribution in [-0.4, -0.2) is 26.9 Å². The molecule has 2 aromatic carbocycles. The Hall–Kier alpha value is -2.63. The second kappa shape index (κ2) is 10.2. The predicted octanol–water partition coefficient (Wildman–Crippen LogP) is 7.64. The fourth-order valence-corrected chi connectivity index (χ4v) is 6.84. The highest BCUT2D eigenvalue weighted by molar-refractivity contribution is 8.05. The maximum atomic E-state index is 13.8. The largest absolute Gasteiger partial charge is 0.356 e. The topological polar surface area (TPSA) is 37.3 Å². The number of nitrogens with zero attached hydrogens (tertiary/aromatic N) is 2. The lowest BCUT2D eigenvalue weighted by molar-refractivity contribution is -0.129. The number of benzene rings is 2. The zero-order valence-corrected chi connectivity index (χ0v) is 22.1. The maximum Gasteiger partial charge on any atom is 0.262 e. The fourth-order valence-electron chi connectivity index (χ4n) is 5.45. The quantitative estimate of drug-likeness (QED) is 0.362. The summed E-state index contributed by atoms with van der Waals surface area (Å²) >= 11 is 7.89. The molecule has 182 valence electrons. The lowest BCUT2D eigenvalue weighted by Crippen LogP contribution is -2.48. The van der Waals surface area contributed by atoms with Gasteiger partial charge in [0.1, 0.15) is 0 Å². The van der Waals surface area contributed by atoms with E-state index >= 15 is 0 Å². The molecule has 1 aromatic heterocycles. The third-order valence-electron chi connectivity index (χ3n) is 7.25. The number of aryl methyl sites for hydroxylation is 1. The summed E-state index contributed by atoms with van der Waals surface area (Å²) in [6.45, 7) is 6.49. The van der Waals surface area contributed by atoms with Crippen molar-refractivity contribution in [3.05, 3.63) is 87.5 Å². The molecule has 1 aliphatic heterocycles. The van der Waals surface area contributed by atoms with Crippen LogP contribution >= 0.6 is 23.4 Å². The first-order chi connectivity index (χ1) is 16.9. The summed E-state index contributed by atoms with van der Waals surface area (Å²) in [4.78, 5) is 16.8. The van der Waals surface area contributed by atoms with Gasteiger partial charge in [0, 0.05) is 33.8 Å². The van der Waals surface area contributed by atoms with Gasteiger partial charge in [-0.1, -0.05) is 67.4 Å². The molecule has 5 rings (SSSR count). The number of rotatable bonds is 5. The second-order valence-electron chi connectivity index (χ2n) is 9.67. The molecule has 1 saturated heterocycles. The average Bonchev–Trinajstić information content (AvgIpc) is 3.29. The molecule has 1 saturated carbocycles. The first-order valence-electron chi connectivity index (χ1n) is 12.4. The molecule has 4 nitrogen and oxygen atoms in total. The van der Waals surface area contributed by atoms with Crippen LogP contribution in [0.15, 0.2) is 65.6 Å². The van der Waals surface area contributed by atoms with Gasteiger partial charge in [0.25, 0.3) is 5.91 Å². The molecule has 35 heavy (non-hydrogen) atoms. The Balaban J connectivity index is 1.49. The first kappa shape index (κ1) is 24.1. The maximum absolute atomic E-state index is 13.8. The monoisotopic (exact) mass is 505 g/mol. The summed E-state index contributed by atoms with van der Waals surface area (Å²) in [7, 11) is 0. The molecule has 6 heteroatoms. The molecular formula is C29H32ClN3OS. The van der Waals surface area contributed by atoms with E-state index in [9.17, 15) is 4.79 Å². The summed E-state index contributed by atoms with van der Waals surface area (Å²) < 4.78 is 2.20. The normalized spacial score (nSPS) is 23.8.